The van der Waals surface area contributed by atoms with Gasteiger partial charge in [-0.2, -0.15) is 0 Å². The van der Waals surface area contributed by atoms with Crippen molar-refractivity contribution < 1.29 is 0 Å². The topological polar surface area (TPSA) is 49.8 Å². The van der Waals surface area contributed by atoms with Gasteiger partial charge in [-0.25, -0.2) is 9.97 Å². The second-order valence-corrected chi connectivity index (χ2v) is 6.29. The number of hydrogen-bond donors (Lipinski definition) is 2. The van der Waals surface area contributed by atoms with Crippen LogP contribution in [-0.4, -0.2) is 16.5 Å². The zero-order valence-electron chi connectivity index (χ0n) is 15.0. The molecular formula is C21H24N4. The van der Waals surface area contributed by atoms with Crippen molar-refractivity contribution in [2.24, 2.45) is 0 Å². The van der Waals surface area contributed by atoms with E-state index >= 15 is 0 Å². The molecule has 3 rings (SSSR count). The Labute approximate surface area is 149 Å². The summed E-state index contributed by atoms with van der Waals surface area (Å²) in [5.74, 6) is 2.40. The third-order valence-electron chi connectivity index (χ3n) is 4.05. The molecule has 0 amide bonds. The van der Waals surface area contributed by atoms with Gasteiger partial charge in [0.05, 0.1) is 0 Å². The van der Waals surface area contributed by atoms with Gasteiger partial charge in [-0.3, -0.25) is 0 Å². The molecule has 0 spiro atoms. The van der Waals surface area contributed by atoms with Crippen molar-refractivity contribution in [3.63, 3.8) is 0 Å². The van der Waals surface area contributed by atoms with Gasteiger partial charge in [0.25, 0.3) is 0 Å². The number of rotatable bonds is 6. The average molecular weight is 332 g/mol. The van der Waals surface area contributed by atoms with Gasteiger partial charge in [0.2, 0.25) is 0 Å². The molecule has 25 heavy (non-hydrogen) atoms. The molecule has 0 aliphatic rings. The normalized spacial score (nSPS) is 10.5. The van der Waals surface area contributed by atoms with Gasteiger partial charge in [0, 0.05) is 18.3 Å². The highest BCUT2D eigenvalue weighted by Gasteiger charge is 2.04. The molecule has 3 aromatic rings. The molecule has 1 aromatic heterocycles. The maximum Gasteiger partial charge on any atom is 0.136 e. The van der Waals surface area contributed by atoms with Gasteiger partial charge in [0.15, 0.2) is 0 Å². The second kappa shape index (κ2) is 7.79. The fourth-order valence-electron chi connectivity index (χ4n) is 2.79. The molecule has 0 unspecified atom stereocenters. The maximum atomic E-state index is 4.50. The van der Waals surface area contributed by atoms with Crippen LogP contribution < -0.4 is 10.6 Å². The van der Waals surface area contributed by atoms with Crippen molar-refractivity contribution in [3.8, 4) is 0 Å². The molecule has 4 heteroatoms. The number of nitrogens with zero attached hydrogens (tertiary/aromatic N) is 2. The Morgan fingerprint density at radius 2 is 1.60 bits per heavy atom. The molecule has 0 saturated heterocycles. The third-order valence-corrected chi connectivity index (χ3v) is 4.05. The molecule has 0 fully saturated rings. The van der Waals surface area contributed by atoms with Crippen LogP contribution in [0.25, 0.3) is 0 Å². The summed E-state index contributed by atoms with van der Waals surface area (Å²) in [4.78, 5) is 8.98. The Kier molecular flexibility index (Phi) is 5.29. The van der Waals surface area contributed by atoms with E-state index in [1.807, 2.05) is 19.1 Å². The van der Waals surface area contributed by atoms with Crippen molar-refractivity contribution in [2.75, 3.05) is 17.2 Å². The fourth-order valence-corrected chi connectivity index (χ4v) is 2.79. The molecule has 0 saturated carbocycles. The van der Waals surface area contributed by atoms with Crippen molar-refractivity contribution in [2.45, 2.75) is 27.2 Å². The fraction of sp³-hybridized carbons (Fsp3) is 0.238. The van der Waals surface area contributed by atoms with Crippen LogP contribution in [0.4, 0.5) is 17.3 Å². The van der Waals surface area contributed by atoms with Crippen LogP contribution in [0.1, 0.15) is 22.5 Å². The monoisotopic (exact) mass is 332 g/mol. The van der Waals surface area contributed by atoms with E-state index in [1.165, 1.54) is 16.7 Å². The van der Waals surface area contributed by atoms with Crippen molar-refractivity contribution in [1.29, 1.82) is 0 Å². The van der Waals surface area contributed by atoms with Crippen molar-refractivity contribution in [3.05, 3.63) is 77.1 Å². The minimum atomic E-state index is 0.747. The standard InChI is InChI=1S/C21H24N4/c1-15-9-10-19(16(2)13-15)25-21-14-20(23-17(3)24-21)22-12-11-18-7-5-4-6-8-18/h4-10,13-14H,11-12H2,1-3H3,(H2,22,23,24,25). The van der Waals surface area contributed by atoms with Crippen molar-refractivity contribution in [1.82, 2.24) is 9.97 Å². The first kappa shape index (κ1) is 17.0. The van der Waals surface area contributed by atoms with Gasteiger partial charge in [-0.1, -0.05) is 48.0 Å². The van der Waals surface area contributed by atoms with E-state index in [0.29, 0.717) is 0 Å². The molecule has 128 valence electrons. The second-order valence-electron chi connectivity index (χ2n) is 6.29. The van der Waals surface area contributed by atoms with Crippen LogP contribution >= 0.6 is 0 Å². The van der Waals surface area contributed by atoms with Crippen LogP contribution in [0, 0.1) is 20.8 Å². The molecule has 4 nitrogen and oxygen atoms in total. The van der Waals surface area contributed by atoms with Gasteiger partial charge < -0.3 is 10.6 Å². The summed E-state index contributed by atoms with van der Waals surface area (Å²) in [7, 11) is 0. The first-order valence-electron chi connectivity index (χ1n) is 8.58. The van der Waals surface area contributed by atoms with Gasteiger partial charge >= 0.3 is 0 Å². The Morgan fingerprint density at radius 1 is 0.840 bits per heavy atom. The summed E-state index contributed by atoms with van der Waals surface area (Å²) >= 11 is 0. The number of nitrogens with one attached hydrogen (secondary N) is 2. The molecule has 1 heterocycles. The highest BCUT2D eigenvalue weighted by Crippen LogP contribution is 2.21. The van der Waals surface area contributed by atoms with Crippen molar-refractivity contribution >= 4 is 17.3 Å². The smallest absolute Gasteiger partial charge is 0.136 e. The first-order chi connectivity index (χ1) is 12.1. The first-order valence-corrected chi connectivity index (χ1v) is 8.58. The largest absolute Gasteiger partial charge is 0.370 e. The lowest BCUT2D eigenvalue weighted by Gasteiger charge is -2.12. The van der Waals surface area contributed by atoms with Crippen LogP contribution in [0.5, 0.6) is 0 Å². The molecule has 0 atom stereocenters. The summed E-state index contributed by atoms with van der Waals surface area (Å²) in [5, 5.41) is 6.79. The number of benzene rings is 2. The molecule has 2 aromatic carbocycles. The summed E-state index contributed by atoms with van der Waals surface area (Å²) in [5.41, 5.74) is 4.84. The lowest BCUT2D eigenvalue weighted by molar-refractivity contribution is 0.983. The predicted octanol–water partition coefficient (Wildman–Crippen LogP) is 4.80. The average Bonchev–Trinajstić information content (AvgIpc) is 2.58. The highest BCUT2D eigenvalue weighted by molar-refractivity contribution is 5.63. The molecule has 0 bridgehead atoms. The maximum absolute atomic E-state index is 4.50. The summed E-state index contributed by atoms with van der Waals surface area (Å²) in [6, 6.07) is 18.8. The molecule has 2 N–H and O–H groups in total. The van der Waals surface area contributed by atoms with Crippen LogP contribution in [0.2, 0.25) is 0 Å². The number of aromatic nitrogens is 2. The zero-order valence-corrected chi connectivity index (χ0v) is 15.0. The molecular weight excluding hydrogens is 308 g/mol. The Hall–Kier alpha value is -2.88. The summed E-state index contributed by atoms with van der Waals surface area (Å²) in [6.45, 7) is 6.95. The SMILES string of the molecule is Cc1ccc(Nc2cc(NCCc3ccccc3)nc(C)n2)c(C)c1. The molecule has 0 aliphatic carbocycles. The Balaban J connectivity index is 1.67. The quantitative estimate of drug-likeness (QED) is 0.681. The minimum absolute atomic E-state index is 0.747. The van der Waals surface area contributed by atoms with Crippen LogP contribution in [-0.2, 0) is 6.42 Å². The van der Waals surface area contributed by atoms with E-state index in [-0.39, 0.29) is 0 Å². The lowest BCUT2D eigenvalue weighted by Crippen LogP contribution is -2.08. The van der Waals surface area contributed by atoms with E-state index in [4.69, 9.17) is 0 Å². The lowest BCUT2D eigenvalue weighted by atomic mass is 10.1. The molecule has 0 aliphatic heterocycles. The van der Waals surface area contributed by atoms with E-state index in [2.05, 4.69) is 76.9 Å². The van der Waals surface area contributed by atoms with E-state index in [9.17, 15) is 0 Å². The predicted molar refractivity (Wildman–Crippen MR) is 105 cm³/mol. The van der Waals surface area contributed by atoms with E-state index in [1.54, 1.807) is 0 Å². The highest BCUT2D eigenvalue weighted by atomic mass is 15.1. The number of anilines is 3. The summed E-state index contributed by atoms with van der Waals surface area (Å²) < 4.78 is 0. The van der Waals surface area contributed by atoms with E-state index < -0.39 is 0 Å². The zero-order chi connectivity index (χ0) is 17.6. The number of hydrogen-bond acceptors (Lipinski definition) is 4. The van der Waals surface area contributed by atoms with Gasteiger partial charge in [-0.05, 0) is 44.4 Å². The van der Waals surface area contributed by atoms with Gasteiger partial charge in [0.1, 0.15) is 17.5 Å². The Morgan fingerprint density at radius 3 is 2.36 bits per heavy atom. The third kappa shape index (κ3) is 4.80. The minimum Gasteiger partial charge on any atom is -0.370 e. The van der Waals surface area contributed by atoms with Gasteiger partial charge in [-0.15, -0.1) is 0 Å². The summed E-state index contributed by atoms with van der Waals surface area (Å²) in [6.07, 6.45) is 0.962. The van der Waals surface area contributed by atoms with E-state index in [0.717, 1.165) is 36.1 Å². The Bertz CT molecular complexity index is 844. The van der Waals surface area contributed by atoms with Crippen LogP contribution in [0.3, 0.4) is 0 Å². The molecule has 0 radical (unpaired) electrons. The van der Waals surface area contributed by atoms with Crippen LogP contribution in [0.15, 0.2) is 54.6 Å². The number of aryl methyl sites for hydroxylation is 3.